The van der Waals surface area contributed by atoms with Crippen molar-refractivity contribution in [1.82, 2.24) is 9.62 Å². The Hall–Kier alpha value is -1.54. The van der Waals surface area contributed by atoms with Gasteiger partial charge in [-0.2, -0.15) is 5.11 Å². The molecule has 158 valence electrons. The molecule has 0 atom stereocenters. The highest BCUT2D eigenvalue weighted by Gasteiger charge is 2.53. The summed E-state index contributed by atoms with van der Waals surface area (Å²) in [5.74, 6) is 0.996. The van der Waals surface area contributed by atoms with Crippen molar-refractivity contribution in [2.75, 3.05) is 19.6 Å². The van der Waals surface area contributed by atoms with E-state index in [1.54, 1.807) is 4.31 Å². The molecule has 0 unspecified atom stereocenters. The number of hydrogen-bond acceptors (Lipinski definition) is 6. The second-order valence-corrected chi connectivity index (χ2v) is 12.3. The number of hydrogen-bond donors (Lipinski definition) is 1. The first-order valence-electron chi connectivity index (χ1n) is 10.9. The summed E-state index contributed by atoms with van der Waals surface area (Å²) in [5.41, 5.74) is 2.47. The number of Topliss-reactive ketones (excluding diaryl/α,β-unsaturated/α-hetero) is 1. The number of rotatable bonds is 2. The van der Waals surface area contributed by atoms with Crippen molar-refractivity contribution in [3.63, 3.8) is 0 Å². The van der Waals surface area contributed by atoms with Gasteiger partial charge in [0, 0.05) is 41.8 Å². The van der Waals surface area contributed by atoms with Gasteiger partial charge in [-0.15, -0.1) is 5.11 Å². The second-order valence-electron chi connectivity index (χ2n) is 10.1. The van der Waals surface area contributed by atoms with E-state index >= 15 is 0 Å². The molecular formula is C21H30N4O3S. The molecule has 0 radical (unpaired) electrons. The van der Waals surface area contributed by atoms with E-state index in [2.05, 4.69) is 29.4 Å². The third kappa shape index (κ3) is 2.93. The van der Waals surface area contributed by atoms with Crippen molar-refractivity contribution in [3.05, 3.63) is 22.7 Å². The minimum Gasteiger partial charge on any atom is -0.342 e. The van der Waals surface area contributed by atoms with Crippen molar-refractivity contribution in [1.29, 1.82) is 0 Å². The van der Waals surface area contributed by atoms with Gasteiger partial charge < -0.3 is 5.32 Å². The van der Waals surface area contributed by atoms with Crippen LogP contribution in [0.5, 0.6) is 0 Å². The Morgan fingerprint density at radius 1 is 1.10 bits per heavy atom. The number of allylic oxidation sites excluding steroid dienone is 2. The highest BCUT2D eigenvalue weighted by molar-refractivity contribution is 7.89. The predicted molar refractivity (Wildman–Crippen MR) is 109 cm³/mol. The van der Waals surface area contributed by atoms with Gasteiger partial charge >= 0.3 is 0 Å². The zero-order chi connectivity index (χ0) is 20.4. The Kier molecular flexibility index (Phi) is 4.34. The fraction of sp³-hybridized carbons (Fsp3) is 0.762. The molecule has 0 amide bonds. The molecule has 1 saturated carbocycles. The zero-order valence-electron chi connectivity index (χ0n) is 17.3. The van der Waals surface area contributed by atoms with Crippen LogP contribution in [0.1, 0.15) is 65.2 Å². The number of nitrogens with zero attached hydrogens (tertiary/aromatic N) is 3. The van der Waals surface area contributed by atoms with E-state index in [0.29, 0.717) is 38.9 Å². The van der Waals surface area contributed by atoms with E-state index in [0.717, 1.165) is 54.8 Å². The maximum Gasteiger partial charge on any atom is 0.216 e. The molecule has 2 fully saturated rings. The molecule has 1 spiro atoms. The lowest BCUT2D eigenvalue weighted by Crippen LogP contribution is -2.51. The quantitative estimate of drug-likeness (QED) is 0.745. The van der Waals surface area contributed by atoms with E-state index in [4.69, 9.17) is 0 Å². The first-order valence-corrected chi connectivity index (χ1v) is 12.4. The van der Waals surface area contributed by atoms with E-state index in [-0.39, 0.29) is 16.4 Å². The molecule has 1 N–H and O–H groups in total. The molecule has 29 heavy (non-hydrogen) atoms. The first-order chi connectivity index (χ1) is 13.7. The largest absolute Gasteiger partial charge is 0.342 e. The van der Waals surface area contributed by atoms with Gasteiger partial charge in [-0.3, -0.25) is 4.79 Å². The van der Waals surface area contributed by atoms with Crippen molar-refractivity contribution < 1.29 is 13.2 Å². The van der Waals surface area contributed by atoms with Gasteiger partial charge in [-0.25, -0.2) is 12.7 Å². The molecule has 2 aliphatic carbocycles. The Morgan fingerprint density at radius 3 is 2.48 bits per heavy atom. The molecule has 0 aromatic heterocycles. The molecule has 0 aromatic rings. The zero-order valence-corrected chi connectivity index (χ0v) is 18.1. The van der Waals surface area contributed by atoms with Crippen molar-refractivity contribution >= 4 is 15.8 Å². The minimum absolute atomic E-state index is 0.0789. The normalized spacial score (nSPS) is 29.4. The van der Waals surface area contributed by atoms with Gasteiger partial charge in [0.15, 0.2) is 11.6 Å². The monoisotopic (exact) mass is 418 g/mol. The lowest BCUT2D eigenvalue weighted by molar-refractivity contribution is -0.119. The molecule has 7 nitrogen and oxygen atoms in total. The molecule has 0 aromatic carbocycles. The van der Waals surface area contributed by atoms with Crippen LogP contribution < -0.4 is 5.32 Å². The molecule has 5 rings (SSSR count). The second kappa shape index (κ2) is 6.48. The fourth-order valence-corrected chi connectivity index (χ4v) is 8.18. The summed E-state index contributed by atoms with van der Waals surface area (Å²) in [6.45, 7) is 5.71. The fourth-order valence-electron chi connectivity index (χ4n) is 6.14. The average molecular weight is 419 g/mol. The van der Waals surface area contributed by atoms with Crippen LogP contribution in [-0.2, 0) is 14.8 Å². The van der Waals surface area contributed by atoms with E-state index < -0.39 is 15.4 Å². The summed E-state index contributed by atoms with van der Waals surface area (Å²) >= 11 is 0. The van der Waals surface area contributed by atoms with Crippen LogP contribution in [0.4, 0.5) is 0 Å². The molecule has 3 aliphatic heterocycles. The van der Waals surface area contributed by atoms with E-state index in [1.165, 1.54) is 0 Å². The van der Waals surface area contributed by atoms with Crippen LogP contribution in [-0.4, -0.2) is 43.4 Å². The van der Waals surface area contributed by atoms with Crippen LogP contribution in [0.25, 0.3) is 0 Å². The van der Waals surface area contributed by atoms with E-state index in [9.17, 15) is 13.2 Å². The van der Waals surface area contributed by atoms with Crippen LogP contribution in [0, 0.1) is 10.8 Å². The van der Waals surface area contributed by atoms with Gasteiger partial charge in [0.1, 0.15) is 0 Å². The molecule has 0 bridgehead atoms. The van der Waals surface area contributed by atoms with Crippen LogP contribution in [0.3, 0.4) is 0 Å². The van der Waals surface area contributed by atoms with Crippen LogP contribution in [0.2, 0.25) is 0 Å². The highest BCUT2D eigenvalue weighted by atomic mass is 32.2. The number of carbonyl (C=O) groups is 1. The molecule has 3 heterocycles. The van der Waals surface area contributed by atoms with Gasteiger partial charge in [0.25, 0.3) is 0 Å². The minimum atomic E-state index is -3.25. The molecular weight excluding hydrogens is 388 g/mol. The Balaban J connectivity index is 1.48. The van der Waals surface area contributed by atoms with Crippen molar-refractivity contribution in [2.24, 2.45) is 21.1 Å². The number of azo groups is 1. The van der Waals surface area contributed by atoms with Crippen LogP contribution in [0.15, 0.2) is 32.9 Å². The third-order valence-electron chi connectivity index (χ3n) is 7.55. The van der Waals surface area contributed by atoms with Crippen LogP contribution >= 0.6 is 0 Å². The average Bonchev–Trinajstić information content (AvgIpc) is 3.33. The smallest absolute Gasteiger partial charge is 0.216 e. The Bertz CT molecular complexity index is 946. The van der Waals surface area contributed by atoms with E-state index in [1.807, 2.05) is 0 Å². The standard InChI is InChI=1S/C21H30N4O3S/c1-20(2)11-16-18(17(26)12-20)21(15-13-22-24-19(15)23-16)7-9-25(10-8-21)29(27,28)14-5-3-4-6-14/h14,23H,3-13H2,1-2H3. The predicted octanol–water partition coefficient (Wildman–Crippen LogP) is 3.26. The summed E-state index contributed by atoms with van der Waals surface area (Å²) in [4.78, 5) is 13.3. The summed E-state index contributed by atoms with van der Waals surface area (Å²) < 4.78 is 27.9. The SMILES string of the molecule is CC1(C)CC(=O)C2=C(C1)NC1=C(CN=N1)C21CCN(S(=O)(=O)C2CCCC2)CC1. The van der Waals surface area contributed by atoms with Gasteiger partial charge in [0.05, 0.1) is 11.8 Å². The van der Waals surface area contributed by atoms with Gasteiger partial charge in [-0.05, 0) is 37.5 Å². The number of fused-ring (bicyclic) bond motifs is 2. The number of nitrogens with one attached hydrogen (secondary N) is 1. The molecule has 8 heteroatoms. The topological polar surface area (TPSA) is 91.2 Å². The van der Waals surface area contributed by atoms with Crippen molar-refractivity contribution in [3.8, 4) is 0 Å². The van der Waals surface area contributed by atoms with Gasteiger partial charge in [-0.1, -0.05) is 26.7 Å². The summed E-state index contributed by atoms with van der Waals surface area (Å²) in [6, 6.07) is 0. The molecule has 5 aliphatic rings. The maximum atomic E-state index is 13.3. The lowest BCUT2D eigenvalue weighted by atomic mass is 9.60. The third-order valence-corrected chi connectivity index (χ3v) is 9.94. The lowest BCUT2D eigenvalue weighted by Gasteiger charge is -2.49. The number of sulfonamides is 1. The summed E-state index contributed by atoms with van der Waals surface area (Å²) in [7, 11) is -3.25. The van der Waals surface area contributed by atoms with Crippen molar-refractivity contribution in [2.45, 2.75) is 70.5 Å². The number of dihydropyridines is 1. The number of carbonyl (C=O) groups excluding carboxylic acids is 1. The Labute approximate surface area is 172 Å². The Morgan fingerprint density at radius 2 is 1.79 bits per heavy atom. The highest BCUT2D eigenvalue weighted by Crippen LogP contribution is 2.55. The summed E-state index contributed by atoms with van der Waals surface area (Å²) in [6.07, 6.45) is 6.22. The summed E-state index contributed by atoms with van der Waals surface area (Å²) in [5, 5.41) is 11.8. The molecule has 1 saturated heterocycles. The number of ketones is 1. The first kappa shape index (κ1) is 19.4. The van der Waals surface area contributed by atoms with Gasteiger partial charge in [0.2, 0.25) is 10.0 Å². The maximum absolute atomic E-state index is 13.3. The number of piperidine rings is 1.